The maximum Gasteiger partial charge on any atom is 0.329 e. The first-order chi connectivity index (χ1) is 10.2. The van der Waals surface area contributed by atoms with Crippen LogP contribution in [0.4, 0.5) is 0 Å². The zero-order valence-electron chi connectivity index (χ0n) is 12.5. The molecule has 9 nitrogen and oxygen atoms in total. The summed E-state index contributed by atoms with van der Waals surface area (Å²) in [5.74, 6) is -2.13. The van der Waals surface area contributed by atoms with Crippen LogP contribution in [0.25, 0.3) is 0 Å². The summed E-state index contributed by atoms with van der Waals surface area (Å²) >= 11 is 0. The summed E-state index contributed by atoms with van der Waals surface area (Å²) in [5.41, 5.74) is 0. The van der Waals surface area contributed by atoms with Crippen LogP contribution in [0.3, 0.4) is 0 Å². The lowest BCUT2D eigenvalue weighted by Gasteiger charge is -1.96. The van der Waals surface area contributed by atoms with Crippen molar-refractivity contribution in [3.63, 3.8) is 0 Å². The van der Waals surface area contributed by atoms with Gasteiger partial charge in [0.05, 0.1) is 20.3 Å². The Balaban J connectivity index is -0.000000261. The number of rotatable bonds is 8. The molecule has 0 saturated carbocycles. The standard InChI is InChI=1S/C6H10O4.C4H6O2.C3H8O3/c7-5(8)3-1-2-4-6(9)10;1-3-4(5)6-2;4-1-3(6)2-5/h1-4H2,(H,7,8)(H,9,10);3H,1H2,2H3;3-6H,1-2H2. The molecule has 0 aromatic heterocycles. The van der Waals surface area contributed by atoms with Crippen LogP contribution in [-0.4, -0.2) is 69.9 Å². The number of aliphatic carboxylic acids is 2. The normalized spacial score (nSPS) is 8.77. The number of aliphatic hydroxyl groups is 3. The summed E-state index contributed by atoms with van der Waals surface area (Å²) in [7, 11) is 1.31. The number of hydrogen-bond acceptors (Lipinski definition) is 7. The zero-order valence-corrected chi connectivity index (χ0v) is 12.5. The Hall–Kier alpha value is -1.97. The number of methoxy groups -OCH3 is 1. The molecule has 0 amide bonds. The fourth-order valence-corrected chi connectivity index (χ4v) is 0.694. The maximum absolute atomic E-state index is 9.90. The molecular weight excluding hydrogens is 300 g/mol. The number of esters is 1. The molecule has 0 rings (SSSR count). The van der Waals surface area contributed by atoms with Gasteiger partial charge in [-0.25, -0.2) is 4.79 Å². The number of ether oxygens (including phenoxy) is 1. The second kappa shape index (κ2) is 19.0. The van der Waals surface area contributed by atoms with Crippen LogP contribution in [0.15, 0.2) is 12.7 Å². The molecule has 0 aliphatic carbocycles. The van der Waals surface area contributed by atoms with Gasteiger partial charge in [0.1, 0.15) is 6.10 Å². The number of carbonyl (C=O) groups is 3. The summed E-state index contributed by atoms with van der Waals surface area (Å²) < 4.78 is 4.14. The van der Waals surface area contributed by atoms with E-state index in [2.05, 4.69) is 11.3 Å². The van der Waals surface area contributed by atoms with Crippen molar-refractivity contribution in [2.75, 3.05) is 20.3 Å². The highest BCUT2D eigenvalue weighted by molar-refractivity contribution is 5.80. The Morgan fingerprint density at radius 2 is 1.41 bits per heavy atom. The van der Waals surface area contributed by atoms with Crippen LogP contribution in [0.1, 0.15) is 25.7 Å². The zero-order chi connectivity index (χ0) is 18.0. The van der Waals surface area contributed by atoms with Gasteiger partial charge in [-0.15, -0.1) is 0 Å². The Kier molecular flexibility index (Phi) is 21.6. The minimum absolute atomic E-state index is 0.0628. The summed E-state index contributed by atoms with van der Waals surface area (Å²) in [6, 6.07) is 0. The van der Waals surface area contributed by atoms with Gasteiger partial charge in [0.25, 0.3) is 0 Å². The molecule has 0 aromatic rings. The van der Waals surface area contributed by atoms with Gasteiger partial charge >= 0.3 is 17.9 Å². The van der Waals surface area contributed by atoms with E-state index in [1.807, 2.05) is 0 Å². The lowest BCUT2D eigenvalue weighted by molar-refractivity contribution is -0.139. The summed E-state index contributed by atoms with van der Waals surface area (Å²) in [5, 5.41) is 40.3. The van der Waals surface area contributed by atoms with E-state index in [-0.39, 0.29) is 26.1 Å². The second-order valence-corrected chi connectivity index (χ2v) is 3.74. The molecule has 0 saturated heterocycles. The van der Waals surface area contributed by atoms with Gasteiger partial charge in [0, 0.05) is 18.9 Å². The van der Waals surface area contributed by atoms with Crippen molar-refractivity contribution >= 4 is 17.9 Å². The van der Waals surface area contributed by atoms with Gasteiger partial charge in [0.15, 0.2) is 0 Å². The average molecular weight is 324 g/mol. The maximum atomic E-state index is 9.90. The number of hydrogen-bond donors (Lipinski definition) is 5. The number of carboxylic acids is 2. The number of carbonyl (C=O) groups excluding carboxylic acids is 1. The van der Waals surface area contributed by atoms with Crippen LogP contribution in [0.2, 0.25) is 0 Å². The lowest BCUT2D eigenvalue weighted by Crippen LogP contribution is -2.15. The largest absolute Gasteiger partial charge is 0.481 e. The van der Waals surface area contributed by atoms with Gasteiger partial charge in [-0.3, -0.25) is 9.59 Å². The third kappa shape index (κ3) is 30.8. The SMILES string of the molecule is C=CC(=O)OC.O=C(O)CCCCC(=O)O.OCC(O)CO. The van der Waals surface area contributed by atoms with Gasteiger partial charge in [-0.05, 0) is 12.8 Å². The van der Waals surface area contributed by atoms with E-state index in [9.17, 15) is 14.4 Å². The van der Waals surface area contributed by atoms with Crippen molar-refractivity contribution < 1.29 is 44.7 Å². The lowest BCUT2D eigenvalue weighted by atomic mass is 10.2. The molecule has 0 spiro atoms. The van der Waals surface area contributed by atoms with E-state index >= 15 is 0 Å². The predicted molar refractivity (Wildman–Crippen MR) is 76.1 cm³/mol. The summed E-state index contributed by atoms with van der Waals surface area (Å²) in [4.78, 5) is 29.6. The van der Waals surface area contributed by atoms with E-state index in [0.717, 1.165) is 6.08 Å². The van der Waals surface area contributed by atoms with Crippen molar-refractivity contribution in [2.45, 2.75) is 31.8 Å². The van der Waals surface area contributed by atoms with Gasteiger partial charge in [-0.1, -0.05) is 6.58 Å². The molecule has 0 atom stereocenters. The molecule has 5 N–H and O–H groups in total. The predicted octanol–water partition coefficient (Wildman–Crippen LogP) is -0.607. The molecule has 0 radical (unpaired) electrons. The monoisotopic (exact) mass is 324 g/mol. The highest BCUT2D eigenvalue weighted by Crippen LogP contribution is 1.98. The van der Waals surface area contributed by atoms with Crippen molar-refractivity contribution in [3.05, 3.63) is 12.7 Å². The van der Waals surface area contributed by atoms with Crippen molar-refractivity contribution in [1.82, 2.24) is 0 Å². The van der Waals surface area contributed by atoms with E-state index in [1.54, 1.807) is 0 Å². The Morgan fingerprint density at radius 3 is 1.50 bits per heavy atom. The van der Waals surface area contributed by atoms with E-state index < -0.39 is 24.0 Å². The first kappa shape index (κ1) is 25.0. The van der Waals surface area contributed by atoms with Crippen LogP contribution >= 0.6 is 0 Å². The van der Waals surface area contributed by atoms with Crippen molar-refractivity contribution in [3.8, 4) is 0 Å². The average Bonchev–Trinajstić information content (AvgIpc) is 2.50. The summed E-state index contributed by atoms with van der Waals surface area (Å²) in [6.45, 7) is 2.43. The third-order valence-corrected chi connectivity index (χ3v) is 1.82. The van der Waals surface area contributed by atoms with Crippen LogP contribution in [0, 0.1) is 0 Å². The smallest absolute Gasteiger partial charge is 0.329 e. The van der Waals surface area contributed by atoms with Gasteiger partial charge in [-0.2, -0.15) is 0 Å². The molecule has 130 valence electrons. The van der Waals surface area contributed by atoms with Crippen LogP contribution in [-0.2, 0) is 19.1 Å². The fraction of sp³-hybridized carbons (Fsp3) is 0.615. The fourth-order valence-electron chi connectivity index (χ4n) is 0.694. The van der Waals surface area contributed by atoms with Crippen LogP contribution < -0.4 is 0 Å². The van der Waals surface area contributed by atoms with E-state index in [0.29, 0.717) is 12.8 Å². The second-order valence-electron chi connectivity index (χ2n) is 3.74. The highest BCUT2D eigenvalue weighted by Gasteiger charge is 1.99. The van der Waals surface area contributed by atoms with Gasteiger partial charge < -0.3 is 30.3 Å². The molecule has 0 heterocycles. The van der Waals surface area contributed by atoms with Crippen molar-refractivity contribution in [2.24, 2.45) is 0 Å². The van der Waals surface area contributed by atoms with Crippen LogP contribution in [0.5, 0.6) is 0 Å². The summed E-state index contributed by atoms with van der Waals surface area (Å²) in [6.07, 6.45) is 1.18. The first-order valence-electron chi connectivity index (χ1n) is 6.28. The molecule has 9 heteroatoms. The molecule has 0 aliphatic heterocycles. The molecule has 22 heavy (non-hydrogen) atoms. The topological polar surface area (TPSA) is 162 Å². The molecule has 0 fully saturated rings. The number of unbranched alkanes of at least 4 members (excludes halogenated alkanes) is 1. The Labute approximate surface area is 128 Å². The molecule has 0 unspecified atom stereocenters. The first-order valence-corrected chi connectivity index (χ1v) is 6.28. The molecule has 0 aromatic carbocycles. The van der Waals surface area contributed by atoms with Crippen molar-refractivity contribution in [1.29, 1.82) is 0 Å². The minimum atomic E-state index is -0.954. The Bertz CT molecular complexity index is 295. The number of aliphatic hydroxyl groups excluding tert-OH is 3. The molecular formula is C13H24O9. The highest BCUT2D eigenvalue weighted by atomic mass is 16.5. The van der Waals surface area contributed by atoms with E-state index in [1.165, 1.54) is 7.11 Å². The minimum Gasteiger partial charge on any atom is -0.481 e. The van der Waals surface area contributed by atoms with Gasteiger partial charge in [0.2, 0.25) is 0 Å². The molecule has 0 aliphatic rings. The Morgan fingerprint density at radius 1 is 1.05 bits per heavy atom. The molecule has 0 bridgehead atoms. The number of carboxylic acid groups (broad SMARTS) is 2. The third-order valence-electron chi connectivity index (χ3n) is 1.82. The quantitative estimate of drug-likeness (QED) is 0.223. The van der Waals surface area contributed by atoms with E-state index in [4.69, 9.17) is 25.5 Å².